The summed E-state index contributed by atoms with van der Waals surface area (Å²) in [5.41, 5.74) is 6.37. The molecule has 1 heterocycles. The van der Waals surface area contributed by atoms with Crippen molar-refractivity contribution >= 4 is 0 Å². The van der Waals surface area contributed by atoms with Gasteiger partial charge in [0.25, 0.3) is 0 Å². The van der Waals surface area contributed by atoms with Gasteiger partial charge < -0.3 is 15.3 Å². The number of hydrogen-bond donors (Lipinski definition) is 1. The lowest BCUT2D eigenvalue weighted by Gasteiger charge is -2.40. The number of hydroxylamine groups is 2. The average molecular weight is 244 g/mol. The van der Waals surface area contributed by atoms with E-state index in [0.717, 1.165) is 39.1 Å². The van der Waals surface area contributed by atoms with Crippen LogP contribution in [0, 0.1) is 10.8 Å². The van der Waals surface area contributed by atoms with Crippen LogP contribution >= 0.6 is 0 Å². The van der Waals surface area contributed by atoms with Crippen LogP contribution in [-0.4, -0.2) is 45.0 Å². The van der Waals surface area contributed by atoms with Crippen LogP contribution in [0.1, 0.15) is 33.6 Å². The third-order valence-corrected chi connectivity index (χ3v) is 3.41. The topological polar surface area (TPSA) is 47.7 Å². The highest BCUT2D eigenvalue weighted by Gasteiger charge is 2.34. The molecule has 0 aromatic heterocycles. The summed E-state index contributed by atoms with van der Waals surface area (Å²) in [7, 11) is 1.75. The first-order valence-corrected chi connectivity index (χ1v) is 6.48. The van der Waals surface area contributed by atoms with E-state index in [9.17, 15) is 0 Å². The fraction of sp³-hybridized carbons (Fsp3) is 1.00. The zero-order valence-electron chi connectivity index (χ0n) is 11.8. The third-order valence-electron chi connectivity index (χ3n) is 3.41. The maximum absolute atomic E-state index is 5.97. The van der Waals surface area contributed by atoms with Gasteiger partial charge in [-0.25, -0.2) is 0 Å². The molecule has 0 radical (unpaired) electrons. The molecule has 0 aromatic rings. The molecule has 0 amide bonds. The Bertz CT molecular complexity index is 220. The van der Waals surface area contributed by atoms with Gasteiger partial charge in [0.15, 0.2) is 0 Å². The lowest BCUT2D eigenvalue weighted by molar-refractivity contribution is -0.174. The molecule has 17 heavy (non-hydrogen) atoms. The van der Waals surface area contributed by atoms with Gasteiger partial charge >= 0.3 is 0 Å². The molecule has 4 nitrogen and oxygen atoms in total. The van der Waals surface area contributed by atoms with E-state index in [4.69, 9.17) is 15.3 Å². The van der Waals surface area contributed by atoms with Gasteiger partial charge in [-0.2, -0.15) is 5.06 Å². The summed E-state index contributed by atoms with van der Waals surface area (Å²) in [4.78, 5) is 5.49. The van der Waals surface area contributed by atoms with E-state index >= 15 is 0 Å². The molecule has 1 saturated heterocycles. The van der Waals surface area contributed by atoms with Crippen LogP contribution in [0.5, 0.6) is 0 Å². The highest BCUT2D eigenvalue weighted by molar-refractivity contribution is 4.85. The first-order chi connectivity index (χ1) is 7.91. The number of hydrogen-bond acceptors (Lipinski definition) is 4. The van der Waals surface area contributed by atoms with Crippen molar-refractivity contribution in [2.24, 2.45) is 16.6 Å². The van der Waals surface area contributed by atoms with Crippen LogP contribution in [0.4, 0.5) is 0 Å². The molecule has 102 valence electrons. The Kier molecular flexibility index (Phi) is 5.38. The first-order valence-electron chi connectivity index (χ1n) is 6.48. The predicted molar refractivity (Wildman–Crippen MR) is 69.6 cm³/mol. The fourth-order valence-electron chi connectivity index (χ4n) is 2.32. The second kappa shape index (κ2) is 6.14. The molecule has 2 N–H and O–H groups in total. The molecule has 0 aliphatic carbocycles. The van der Waals surface area contributed by atoms with Gasteiger partial charge in [-0.1, -0.05) is 20.8 Å². The van der Waals surface area contributed by atoms with E-state index < -0.39 is 0 Å². The molecule has 0 unspecified atom stereocenters. The second-order valence-corrected chi connectivity index (χ2v) is 6.36. The summed E-state index contributed by atoms with van der Waals surface area (Å²) in [6.45, 7) is 10.8. The van der Waals surface area contributed by atoms with Crippen molar-refractivity contribution in [3.8, 4) is 0 Å². The van der Waals surface area contributed by atoms with E-state index in [1.165, 1.54) is 0 Å². The second-order valence-electron chi connectivity index (χ2n) is 6.36. The van der Waals surface area contributed by atoms with E-state index in [2.05, 4.69) is 25.8 Å². The molecule has 0 atom stereocenters. The van der Waals surface area contributed by atoms with E-state index in [-0.39, 0.29) is 10.8 Å². The highest BCUT2D eigenvalue weighted by Crippen LogP contribution is 2.31. The number of ether oxygens (including phenoxy) is 1. The summed E-state index contributed by atoms with van der Waals surface area (Å²) in [6, 6.07) is 0. The van der Waals surface area contributed by atoms with Gasteiger partial charge in [-0.05, 0) is 24.8 Å². The van der Waals surface area contributed by atoms with Gasteiger partial charge in [-0.15, -0.1) is 0 Å². The molecule has 1 fully saturated rings. The number of rotatable bonds is 5. The molecular weight excluding hydrogens is 216 g/mol. The van der Waals surface area contributed by atoms with Crippen molar-refractivity contribution in [1.29, 1.82) is 0 Å². The van der Waals surface area contributed by atoms with Crippen LogP contribution in [0.2, 0.25) is 0 Å². The standard InChI is InChI=1S/C13H28N2O2/c1-12(2,3)10-15(16-4)11-13(9-14)5-7-17-8-6-13/h5-11,14H2,1-4H3. The highest BCUT2D eigenvalue weighted by atomic mass is 16.7. The van der Waals surface area contributed by atoms with E-state index in [0.29, 0.717) is 6.54 Å². The molecule has 0 saturated carbocycles. The Morgan fingerprint density at radius 2 is 1.88 bits per heavy atom. The summed E-state index contributed by atoms with van der Waals surface area (Å²) >= 11 is 0. The maximum Gasteiger partial charge on any atom is 0.0575 e. The van der Waals surface area contributed by atoms with Crippen molar-refractivity contribution < 1.29 is 9.57 Å². The Morgan fingerprint density at radius 1 is 1.29 bits per heavy atom. The van der Waals surface area contributed by atoms with Gasteiger partial charge in [0, 0.05) is 31.7 Å². The maximum atomic E-state index is 5.97. The smallest absolute Gasteiger partial charge is 0.0575 e. The van der Waals surface area contributed by atoms with Crippen molar-refractivity contribution in [3.05, 3.63) is 0 Å². The van der Waals surface area contributed by atoms with Crippen molar-refractivity contribution in [2.75, 3.05) is 40.0 Å². The Balaban J connectivity index is 2.58. The predicted octanol–water partition coefficient (Wildman–Crippen LogP) is 1.65. The van der Waals surface area contributed by atoms with Gasteiger partial charge in [0.05, 0.1) is 7.11 Å². The molecule has 1 aliphatic rings. The summed E-state index contributed by atoms with van der Waals surface area (Å²) < 4.78 is 5.43. The minimum atomic E-state index is 0.166. The monoisotopic (exact) mass is 244 g/mol. The molecule has 0 aromatic carbocycles. The minimum Gasteiger partial charge on any atom is -0.381 e. The molecule has 0 bridgehead atoms. The van der Waals surface area contributed by atoms with Crippen LogP contribution in [0.3, 0.4) is 0 Å². The Hall–Kier alpha value is -0.160. The molecule has 1 rings (SSSR count). The van der Waals surface area contributed by atoms with Gasteiger partial charge in [0.2, 0.25) is 0 Å². The average Bonchev–Trinajstić information content (AvgIpc) is 2.27. The summed E-state index contributed by atoms with van der Waals surface area (Å²) in [5.74, 6) is 0. The molecule has 0 spiro atoms. The van der Waals surface area contributed by atoms with E-state index in [1.807, 2.05) is 0 Å². The first kappa shape index (κ1) is 14.9. The van der Waals surface area contributed by atoms with Gasteiger partial charge in [-0.3, -0.25) is 0 Å². The van der Waals surface area contributed by atoms with Crippen molar-refractivity contribution in [1.82, 2.24) is 5.06 Å². The van der Waals surface area contributed by atoms with Crippen LogP contribution in [-0.2, 0) is 9.57 Å². The van der Waals surface area contributed by atoms with Crippen molar-refractivity contribution in [2.45, 2.75) is 33.6 Å². The molecular formula is C13H28N2O2. The largest absolute Gasteiger partial charge is 0.381 e. The molecule has 4 heteroatoms. The lowest BCUT2D eigenvalue weighted by Crippen LogP contribution is -2.47. The van der Waals surface area contributed by atoms with E-state index in [1.54, 1.807) is 7.11 Å². The number of nitrogens with two attached hydrogens (primary N) is 1. The number of nitrogens with zero attached hydrogens (tertiary/aromatic N) is 1. The Labute approximate surface area is 105 Å². The molecule has 1 aliphatic heterocycles. The zero-order chi connectivity index (χ0) is 12.9. The fourth-order valence-corrected chi connectivity index (χ4v) is 2.32. The Morgan fingerprint density at radius 3 is 2.29 bits per heavy atom. The minimum absolute atomic E-state index is 0.166. The van der Waals surface area contributed by atoms with Crippen LogP contribution in [0.25, 0.3) is 0 Å². The third kappa shape index (κ3) is 4.92. The van der Waals surface area contributed by atoms with Gasteiger partial charge in [0.1, 0.15) is 0 Å². The summed E-state index contributed by atoms with van der Waals surface area (Å²) in [6.07, 6.45) is 2.07. The normalized spacial score (nSPS) is 20.8. The summed E-state index contributed by atoms with van der Waals surface area (Å²) in [5, 5.41) is 2.05. The quantitative estimate of drug-likeness (QED) is 0.747. The lowest BCUT2D eigenvalue weighted by atomic mass is 9.80. The zero-order valence-corrected chi connectivity index (χ0v) is 11.8. The van der Waals surface area contributed by atoms with Crippen LogP contribution in [0.15, 0.2) is 0 Å². The SMILES string of the molecule is CON(CC(C)(C)C)CC1(CN)CCOCC1. The van der Waals surface area contributed by atoms with Crippen LogP contribution < -0.4 is 5.73 Å². The van der Waals surface area contributed by atoms with Crippen molar-refractivity contribution in [3.63, 3.8) is 0 Å².